The number of aliphatic hydroxyl groups is 3. The molecule has 0 radical (unpaired) electrons. The Labute approximate surface area is 220 Å². The van der Waals surface area contributed by atoms with Gasteiger partial charge in [-0.3, -0.25) is 9.59 Å². The predicted molar refractivity (Wildman–Crippen MR) is 137 cm³/mol. The van der Waals surface area contributed by atoms with Crippen LogP contribution in [0.1, 0.15) is 92.9 Å². The molecule has 0 aromatic heterocycles. The fourth-order valence-electron chi connectivity index (χ4n) is 10.9. The lowest BCUT2D eigenvalue weighted by Gasteiger charge is -2.72. The molecule has 4 saturated carbocycles. The average molecular weight is 519 g/mol. The molecule has 0 aromatic carbocycles. The number of hydrogen-bond acceptors (Lipinski definition) is 5. The zero-order chi connectivity index (χ0) is 27.6. The van der Waals surface area contributed by atoms with Crippen LogP contribution in [-0.2, 0) is 9.59 Å². The number of aliphatic carboxylic acids is 2. The second-order valence-electron chi connectivity index (χ2n) is 15.1. The summed E-state index contributed by atoms with van der Waals surface area (Å²) in [5.74, 6) is -2.67. The van der Waals surface area contributed by atoms with Gasteiger partial charge in [-0.25, -0.2) is 0 Å². The SMILES string of the molecule is CC1(C)CC[C@]2(C(=O)O)CC[C@]3(C)C(=CC[C@@H]4[C@@]5(C)C[C@@H](O)[C@H](O)[C@@](C)(C(=O)O)[C@@H]5[C@H](O)C[C@]43C)[C@@H]2C1. The molecule has 5 rings (SSSR count). The summed E-state index contributed by atoms with van der Waals surface area (Å²) in [6.45, 7) is 12.4. The summed E-state index contributed by atoms with van der Waals surface area (Å²) >= 11 is 0. The lowest BCUT2D eigenvalue weighted by Crippen LogP contribution is -2.72. The highest BCUT2D eigenvalue weighted by Gasteiger charge is 2.73. The normalized spacial score (nSPS) is 54.6. The van der Waals surface area contributed by atoms with Crippen molar-refractivity contribution in [2.75, 3.05) is 0 Å². The summed E-state index contributed by atoms with van der Waals surface area (Å²) in [6.07, 6.45) is 3.66. The summed E-state index contributed by atoms with van der Waals surface area (Å²) in [4.78, 5) is 25.4. The molecule has 0 aromatic rings. The fourth-order valence-corrected chi connectivity index (χ4v) is 10.9. The number of hydrogen-bond donors (Lipinski definition) is 5. The first-order valence-corrected chi connectivity index (χ1v) is 14.1. The van der Waals surface area contributed by atoms with Gasteiger partial charge >= 0.3 is 11.9 Å². The van der Waals surface area contributed by atoms with Crippen LogP contribution in [0.25, 0.3) is 0 Å². The number of aliphatic hydroxyl groups excluding tert-OH is 3. The van der Waals surface area contributed by atoms with Crippen molar-refractivity contribution in [1.29, 1.82) is 0 Å². The summed E-state index contributed by atoms with van der Waals surface area (Å²) in [5.41, 5.74) is -2.61. The smallest absolute Gasteiger partial charge is 0.312 e. The van der Waals surface area contributed by atoms with E-state index in [-0.39, 0.29) is 29.1 Å². The van der Waals surface area contributed by atoms with Gasteiger partial charge in [-0.2, -0.15) is 0 Å². The third-order valence-corrected chi connectivity index (χ3v) is 13.0. The van der Waals surface area contributed by atoms with Crippen molar-refractivity contribution < 1.29 is 35.1 Å². The van der Waals surface area contributed by atoms with Crippen LogP contribution in [0.3, 0.4) is 0 Å². The zero-order valence-electron chi connectivity index (χ0n) is 23.3. The van der Waals surface area contributed by atoms with Gasteiger partial charge in [0.2, 0.25) is 0 Å². The van der Waals surface area contributed by atoms with Crippen LogP contribution in [0.4, 0.5) is 0 Å². The van der Waals surface area contributed by atoms with Crippen molar-refractivity contribution in [2.45, 2.75) is 111 Å². The summed E-state index contributed by atoms with van der Waals surface area (Å²) in [6, 6.07) is 0. The summed E-state index contributed by atoms with van der Waals surface area (Å²) in [7, 11) is 0. The van der Waals surface area contributed by atoms with Gasteiger partial charge in [-0.05, 0) is 91.8 Å². The van der Waals surface area contributed by atoms with Gasteiger partial charge in [0.1, 0.15) is 0 Å². The predicted octanol–water partition coefficient (Wildman–Crippen LogP) is 4.24. The van der Waals surface area contributed by atoms with E-state index in [1.54, 1.807) is 0 Å². The van der Waals surface area contributed by atoms with E-state index < -0.39 is 57.8 Å². The van der Waals surface area contributed by atoms with Gasteiger partial charge in [0.25, 0.3) is 0 Å². The Hall–Kier alpha value is -1.44. The van der Waals surface area contributed by atoms with Crippen molar-refractivity contribution in [3.05, 3.63) is 11.6 Å². The van der Waals surface area contributed by atoms with E-state index in [2.05, 4.69) is 33.8 Å². The highest BCUT2D eigenvalue weighted by Crippen LogP contribution is 2.75. The molecule has 0 bridgehead atoms. The monoisotopic (exact) mass is 518 g/mol. The van der Waals surface area contributed by atoms with Gasteiger partial charge < -0.3 is 25.5 Å². The summed E-state index contributed by atoms with van der Waals surface area (Å²) in [5, 5.41) is 54.3. The number of allylic oxidation sites excluding steroid dienone is 2. The number of fused-ring (bicyclic) bond motifs is 7. The molecule has 5 aliphatic carbocycles. The van der Waals surface area contributed by atoms with Gasteiger partial charge in [0, 0.05) is 5.92 Å². The Bertz CT molecular complexity index is 1050. The van der Waals surface area contributed by atoms with Crippen LogP contribution < -0.4 is 0 Å². The molecule has 208 valence electrons. The topological polar surface area (TPSA) is 135 Å². The molecule has 0 amide bonds. The van der Waals surface area contributed by atoms with Crippen molar-refractivity contribution in [1.82, 2.24) is 0 Å². The Balaban J connectivity index is 1.65. The number of rotatable bonds is 2. The first kappa shape index (κ1) is 27.1. The highest BCUT2D eigenvalue weighted by molar-refractivity contribution is 5.77. The van der Waals surface area contributed by atoms with Crippen molar-refractivity contribution in [2.24, 2.45) is 50.2 Å². The van der Waals surface area contributed by atoms with Crippen LogP contribution in [0.5, 0.6) is 0 Å². The van der Waals surface area contributed by atoms with E-state index in [1.165, 1.54) is 12.5 Å². The zero-order valence-corrected chi connectivity index (χ0v) is 23.3. The quantitative estimate of drug-likeness (QED) is 0.345. The van der Waals surface area contributed by atoms with Gasteiger partial charge in [0.15, 0.2) is 0 Å². The number of carbonyl (C=O) groups is 2. The van der Waals surface area contributed by atoms with E-state index in [0.717, 1.165) is 12.8 Å². The molecule has 0 saturated heterocycles. The van der Waals surface area contributed by atoms with Crippen molar-refractivity contribution in [3.63, 3.8) is 0 Å². The van der Waals surface area contributed by atoms with E-state index in [9.17, 15) is 35.1 Å². The Morgan fingerprint density at radius 2 is 1.43 bits per heavy atom. The van der Waals surface area contributed by atoms with Gasteiger partial charge in [0.05, 0.1) is 29.1 Å². The molecular formula is C30H46O7. The maximum Gasteiger partial charge on any atom is 0.312 e. The lowest BCUT2D eigenvalue weighted by molar-refractivity contribution is -0.267. The van der Waals surface area contributed by atoms with Gasteiger partial charge in [-0.15, -0.1) is 0 Å². The van der Waals surface area contributed by atoms with E-state index in [1.807, 2.05) is 6.92 Å². The van der Waals surface area contributed by atoms with Crippen molar-refractivity contribution >= 4 is 11.9 Å². The van der Waals surface area contributed by atoms with E-state index in [4.69, 9.17) is 0 Å². The van der Waals surface area contributed by atoms with Gasteiger partial charge in [-0.1, -0.05) is 46.3 Å². The molecule has 7 nitrogen and oxygen atoms in total. The average Bonchev–Trinajstić information content (AvgIpc) is 2.77. The second kappa shape index (κ2) is 7.82. The maximum absolute atomic E-state index is 12.8. The maximum atomic E-state index is 12.8. The minimum Gasteiger partial charge on any atom is -0.481 e. The minimum absolute atomic E-state index is 0.0168. The Morgan fingerprint density at radius 3 is 2.03 bits per heavy atom. The molecule has 0 unspecified atom stereocenters. The first-order chi connectivity index (χ1) is 16.9. The Kier molecular flexibility index (Phi) is 5.73. The summed E-state index contributed by atoms with van der Waals surface area (Å²) < 4.78 is 0. The largest absolute Gasteiger partial charge is 0.481 e. The molecule has 5 N–H and O–H groups in total. The first-order valence-electron chi connectivity index (χ1n) is 14.1. The number of carboxylic acid groups (broad SMARTS) is 2. The highest BCUT2D eigenvalue weighted by atomic mass is 16.4. The number of carboxylic acids is 2. The molecular weight excluding hydrogens is 472 g/mol. The molecule has 7 heteroatoms. The minimum atomic E-state index is -1.67. The van der Waals surface area contributed by atoms with E-state index in [0.29, 0.717) is 32.1 Å². The van der Waals surface area contributed by atoms with Crippen LogP contribution in [0.2, 0.25) is 0 Å². The third-order valence-electron chi connectivity index (χ3n) is 13.0. The molecule has 0 heterocycles. The van der Waals surface area contributed by atoms with Crippen LogP contribution in [0.15, 0.2) is 11.6 Å². The van der Waals surface area contributed by atoms with Crippen molar-refractivity contribution in [3.8, 4) is 0 Å². The molecule has 37 heavy (non-hydrogen) atoms. The standard InChI is InChI=1S/C30H46O7/c1-25(2)9-11-30(24(36)37)12-10-27(4)16(17(30)13-25)7-8-20-26(3)14-19(32)22(33)29(6,23(34)35)21(26)18(31)15-28(20,27)5/h7,17-22,31-33H,8-15H2,1-6H3,(H,34,35)(H,36,37)/t17-,18+,19+,20+,21+,22-,26+,27+,28+,29-,30-/m0/s1. The fraction of sp³-hybridized carbons (Fsp3) is 0.867. The van der Waals surface area contributed by atoms with Crippen LogP contribution >= 0.6 is 0 Å². The Morgan fingerprint density at radius 1 is 0.811 bits per heavy atom. The molecule has 4 fully saturated rings. The molecule has 0 spiro atoms. The van der Waals surface area contributed by atoms with Crippen LogP contribution in [-0.4, -0.2) is 55.8 Å². The molecule has 11 atom stereocenters. The lowest BCUT2D eigenvalue weighted by atomic mass is 9.33. The second-order valence-corrected chi connectivity index (χ2v) is 15.1. The molecule has 5 aliphatic rings. The molecule has 0 aliphatic heterocycles. The van der Waals surface area contributed by atoms with Crippen LogP contribution in [0, 0.1) is 50.2 Å². The third kappa shape index (κ3) is 3.17. The van der Waals surface area contributed by atoms with E-state index >= 15 is 0 Å².